The van der Waals surface area contributed by atoms with Crippen LogP contribution in [0.3, 0.4) is 0 Å². The normalized spacial score (nSPS) is 23.2. The summed E-state index contributed by atoms with van der Waals surface area (Å²) in [5.41, 5.74) is 2.46. The quantitative estimate of drug-likeness (QED) is 0.706. The zero-order valence-electron chi connectivity index (χ0n) is 16.7. The van der Waals surface area contributed by atoms with E-state index in [1.807, 2.05) is 26.0 Å². The van der Waals surface area contributed by atoms with Crippen LogP contribution in [0.15, 0.2) is 18.2 Å². The fraction of sp³-hybridized carbons (Fsp3) is 0.500. The summed E-state index contributed by atoms with van der Waals surface area (Å²) in [6, 6.07) is 5.51. The molecule has 0 heterocycles. The molecule has 8 nitrogen and oxygen atoms in total. The molecule has 1 fully saturated rings. The lowest BCUT2D eigenvalue weighted by atomic mass is 9.55. The maximum atomic E-state index is 13.0. The summed E-state index contributed by atoms with van der Waals surface area (Å²) in [5.74, 6) is -6.64. The number of nitrogens with one attached hydrogen (secondary N) is 2. The van der Waals surface area contributed by atoms with Crippen LogP contribution in [0, 0.1) is 37.5 Å². The Morgan fingerprint density at radius 3 is 2.11 bits per heavy atom. The van der Waals surface area contributed by atoms with Gasteiger partial charge in [-0.05, 0) is 32.4 Å². The van der Waals surface area contributed by atoms with Crippen molar-refractivity contribution >= 4 is 29.4 Å². The zero-order chi connectivity index (χ0) is 21.0. The molecule has 152 valence electrons. The topological polar surface area (TPSA) is 111 Å². The zero-order valence-corrected chi connectivity index (χ0v) is 16.7. The Morgan fingerprint density at radius 1 is 0.964 bits per heavy atom. The van der Waals surface area contributed by atoms with Crippen molar-refractivity contribution < 1.29 is 28.7 Å². The van der Waals surface area contributed by atoms with Gasteiger partial charge in [0.25, 0.3) is 0 Å². The largest absolute Gasteiger partial charge is 0.469 e. The van der Waals surface area contributed by atoms with Gasteiger partial charge in [-0.25, -0.2) is 0 Å². The first kappa shape index (κ1) is 21.4. The number of rotatable bonds is 6. The number of carbonyl (C=O) groups is 4. The third-order valence-electron chi connectivity index (χ3n) is 5.07. The molecule has 2 amide bonds. The van der Waals surface area contributed by atoms with Crippen molar-refractivity contribution in [2.75, 3.05) is 26.1 Å². The number of carbonyl (C=O) groups excluding carboxylic acids is 4. The van der Waals surface area contributed by atoms with Crippen LogP contribution in [0.4, 0.5) is 5.69 Å². The highest BCUT2D eigenvalue weighted by Crippen LogP contribution is 2.48. The van der Waals surface area contributed by atoms with Crippen LogP contribution in [0.5, 0.6) is 0 Å². The molecule has 1 saturated carbocycles. The highest BCUT2D eigenvalue weighted by molar-refractivity contribution is 6.04. The van der Waals surface area contributed by atoms with Gasteiger partial charge in [0.2, 0.25) is 11.8 Å². The molecular formula is C20H26N2O6. The Labute approximate surface area is 164 Å². The second kappa shape index (κ2) is 8.86. The highest BCUT2D eigenvalue weighted by Gasteiger charge is 2.64. The number of benzene rings is 1. The average Bonchev–Trinajstić information content (AvgIpc) is 2.63. The van der Waals surface area contributed by atoms with Crippen LogP contribution < -0.4 is 10.6 Å². The number of aryl methyl sites for hydroxylation is 2. The molecule has 0 radical (unpaired) electrons. The third-order valence-corrected chi connectivity index (χ3v) is 5.07. The fourth-order valence-electron chi connectivity index (χ4n) is 3.70. The van der Waals surface area contributed by atoms with Crippen molar-refractivity contribution in [3.05, 3.63) is 29.3 Å². The number of methoxy groups -OCH3 is 1. The Kier molecular flexibility index (Phi) is 6.77. The first-order valence-electron chi connectivity index (χ1n) is 9.10. The van der Waals surface area contributed by atoms with E-state index in [0.29, 0.717) is 5.69 Å². The lowest BCUT2D eigenvalue weighted by Crippen LogP contribution is -2.63. The molecule has 4 atom stereocenters. The second-order valence-corrected chi connectivity index (χ2v) is 6.80. The third kappa shape index (κ3) is 4.00. The maximum absolute atomic E-state index is 13.0. The number of ether oxygens (including phenoxy) is 2. The van der Waals surface area contributed by atoms with Gasteiger partial charge in [-0.15, -0.1) is 0 Å². The fourth-order valence-corrected chi connectivity index (χ4v) is 3.70. The summed E-state index contributed by atoms with van der Waals surface area (Å²) >= 11 is 0. The van der Waals surface area contributed by atoms with Gasteiger partial charge >= 0.3 is 11.9 Å². The molecular weight excluding hydrogens is 364 g/mol. The van der Waals surface area contributed by atoms with Gasteiger partial charge in [-0.3, -0.25) is 19.2 Å². The van der Waals surface area contributed by atoms with Gasteiger partial charge in [0.15, 0.2) is 0 Å². The van der Waals surface area contributed by atoms with Gasteiger partial charge in [-0.2, -0.15) is 0 Å². The summed E-state index contributed by atoms with van der Waals surface area (Å²) in [5, 5.41) is 5.21. The molecule has 2 rings (SSSR count). The summed E-state index contributed by atoms with van der Waals surface area (Å²) in [7, 11) is 2.59. The van der Waals surface area contributed by atoms with E-state index in [1.165, 1.54) is 14.2 Å². The number of hydrogen-bond acceptors (Lipinski definition) is 6. The van der Waals surface area contributed by atoms with E-state index in [1.54, 1.807) is 13.0 Å². The number of amides is 2. The molecule has 4 unspecified atom stereocenters. The van der Waals surface area contributed by atoms with E-state index in [4.69, 9.17) is 9.47 Å². The van der Waals surface area contributed by atoms with Crippen LogP contribution in [-0.2, 0) is 28.7 Å². The predicted octanol–water partition coefficient (Wildman–Crippen LogP) is 1.20. The van der Waals surface area contributed by atoms with E-state index >= 15 is 0 Å². The Morgan fingerprint density at radius 2 is 1.57 bits per heavy atom. The molecule has 0 spiro atoms. The van der Waals surface area contributed by atoms with Crippen molar-refractivity contribution in [2.45, 2.75) is 20.8 Å². The summed E-state index contributed by atoms with van der Waals surface area (Å²) < 4.78 is 9.84. The predicted molar refractivity (Wildman–Crippen MR) is 101 cm³/mol. The average molecular weight is 390 g/mol. The van der Waals surface area contributed by atoms with Crippen molar-refractivity contribution in [2.24, 2.45) is 23.7 Å². The van der Waals surface area contributed by atoms with E-state index in [9.17, 15) is 19.2 Å². The van der Waals surface area contributed by atoms with Gasteiger partial charge in [0.05, 0.1) is 37.4 Å². The molecule has 0 aliphatic heterocycles. The Bertz CT molecular complexity index is 791. The second-order valence-electron chi connectivity index (χ2n) is 6.80. The van der Waals surface area contributed by atoms with Gasteiger partial charge in [-0.1, -0.05) is 17.7 Å². The van der Waals surface area contributed by atoms with Crippen molar-refractivity contribution in [3.8, 4) is 0 Å². The lowest BCUT2D eigenvalue weighted by Gasteiger charge is -2.46. The molecule has 1 aromatic rings. The van der Waals surface area contributed by atoms with Crippen LogP contribution >= 0.6 is 0 Å². The van der Waals surface area contributed by atoms with Crippen LogP contribution in [0.1, 0.15) is 18.1 Å². The van der Waals surface area contributed by atoms with E-state index in [2.05, 4.69) is 10.6 Å². The molecule has 0 bridgehead atoms. The minimum absolute atomic E-state index is 0.101. The molecule has 0 saturated heterocycles. The van der Waals surface area contributed by atoms with Crippen LogP contribution in [-0.4, -0.2) is 44.5 Å². The Hall–Kier alpha value is -2.90. The van der Waals surface area contributed by atoms with E-state index in [-0.39, 0.29) is 6.61 Å². The highest BCUT2D eigenvalue weighted by atomic mass is 16.5. The van der Waals surface area contributed by atoms with Gasteiger partial charge in [0, 0.05) is 12.7 Å². The standard InChI is InChI=1S/C20H26N2O6/c1-6-28-20(26)16-13(17(23)21-4)15(19(25)27-5)14(16)18(24)22-12-8-7-10(2)9-11(12)3/h7-9,13-16H,6H2,1-5H3,(H,21,23)(H,22,24). The van der Waals surface area contributed by atoms with Crippen molar-refractivity contribution in [1.82, 2.24) is 5.32 Å². The summed E-state index contributed by atoms with van der Waals surface area (Å²) in [4.78, 5) is 50.0. The molecule has 1 aromatic carbocycles. The van der Waals surface area contributed by atoms with Crippen molar-refractivity contribution in [3.63, 3.8) is 0 Å². The van der Waals surface area contributed by atoms with E-state index in [0.717, 1.165) is 11.1 Å². The smallest absolute Gasteiger partial charge is 0.310 e. The summed E-state index contributed by atoms with van der Waals surface area (Å²) in [6.07, 6.45) is 0. The van der Waals surface area contributed by atoms with Crippen molar-refractivity contribution in [1.29, 1.82) is 0 Å². The van der Waals surface area contributed by atoms with Crippen LogP contribution in [0.2, 0.25) is 0 Å². The summed E-state index contributed by atoms with van der Waals surface area (Å²) in [6.45, 7) is 5.51. The molecule has 0 aromatic heterocycles. The molecule has 1 aliphatic rings. The minimum atomic E-state index is -1.06. The molecule has 28 heavy (non-hydrogen) atoms. The molecule has 8 heteroatoms. The SMILES string of the molecule is CCOC(=O)C1C(C(=O)NC)C(C(=O)OC)C1C(=O)Nc1ccc(C)cc1C. The lowest BCUT2D eigenvalue weighted by molar-refractivity contribution is -0.183. The van der Waals surface area contributed by atoms with E-state index < -0.39 is 47.4 Å². The maximum Gasteiger partial charge on any atom is 0.310 e. The van der Waals surface area contributed by atoms with Gasteiger partial charge in [0.1, 0.15) is 0 Å². The monoisotopic (exact) mass is 390 g/mol. The number of hydrogen-bond donors (Lipinski definition) is 2. The molecule has 2 N–H and O–H groups in total. The Balaban J connectivity index is 2.37. The number of esters is 2. The first-order chi connectivity index (χ1) is 13.3. The number of anilines is 1. The first-order valence-corrected chi connectivity index (χ1v) is 9.10. The van der Waals surface area contributed by atoms with Crippen LogP contribution in [0.25, 0.3) is 0 Å². The minimum Gasteiger partial charge on any atom is -0.469 e. The molecule has 1 aliphatic carbocycles. The van der Waals surface area contributed by atoms with Gasteiger partial charge < -0.3 is 20.1 Å².